The Morgan fingerprint density at radius 3 is 2.59 bits per heavy atom. The zero-order valence-corrected chi connectivity index (χ0v) is 11.1. The van der Waals surface area contributed by atoms with Gasteiger partial charge in [-0.1, -0.05) is 47.3 Å². The maximum absolute atomic E-state index is 9.73. The molecule has 1 aliphatic carbocycles. The molecule has 0 aromatic heterocycles. The molecule has 0 heterocycles. The van der Waals surface area contributed by atoms with Gasteiger partial charge in [-0.05, 0) is 43.4 Å². The molecule has 1 nitrogen and oxygen atoms in total. The molecule has 1 atom stereocenters. The minimum absolute atomic E-state index is 0.311. The van der Waals surface area contributed by atoms with E-state index in [1.54, 1.807) is 0 Å². The van der Waals surface area contributed by atoms with Crippen LogP contribution in [0.15, 0.2) is 29.8 Å². The first-order valence-electron chi connectivity index (χ1n) is 5.97. The zero-order chi connectivity index (χ0) is 12.3. The first-order chi connectivity index (χ1) is 8.16. The maximum atomic E-state index is 9.73. The van der Waals surface area contributed by atoms with E-state index in [-0.39, 0.29) is 6.10 Å². The van der Waals surface area contributed by atoms with E-state index in [9.17, 15) is 5.11 Å². The summed E-state index contributed by atoms with van der Waals surface area (Å²) in [5.41, 5.74) is 2.21. The highest BCUT2D eigenvalue weighted by atomic mass is 35.5. The second-order valence-corrected chi connectivity index (χ2v) is 5.33. The van der Waals surface area contributed by atoms with Crippen molar-refractivity contribution in [3.63, 3.8) is 0 Å². The lowest BCUT2D eigenvalue weighted by atomic mass is 10.0. The van der Waals surface area contributed by atoms with E-state index in [1.165, 1.54) is 5.57 Å². The van der Waals surface area contributed by atoms with Gasteiger partial charge in [0.25, 0.3) is 0 Å². The third-order valence-electron chi connectivity index (χ3n) is 3.14. The average molecular weight is 271 g/mol. The van der Waals surface area contributed by atoms with E-state index in [0.717, 1.165) is 37.7 Å². The standard InChI is InChI=1S/C14H16Cl2O/c15-13-6-3-7-14(16)12(13)9-10-4-1-2-5-11(17)8-10/h3,6-8,11,17H,1-2,4-5,9H2. The molecule has 2 rings (SSSR count). The molecule has 0 radical (unpaired) electrons. The van der Waals surface area contributed by atoms with Gasteiger partial charge in [0.15, 0.2) is 0 Å². The van der Waals surface area contributed by atoms with Crippen LogP contribution in [-0.2, 0) is 6.42 Å². The zero-order valence-electron chi connectivity index (χ0n) is 9.63. The highest BCUT2D eigenvalue weighted by Gasteiger charge is 2.12. The molecule has 0 bridgehead atoms. The van der Waals surface area contributed by atoms with Gasteiger partial charge in [0.2, 0.25) is 0 Å². The summed E-state index contributed by atoms with van der Waals surface area (Å²) in [5.74, 6) is 0. The summed E-state index contributed by atoms with van der Waals surface area (Å²) in [5, 5.41) is 11.1. The normalized spacial score (nSPS) is 20.9. The third kappa shape index (κ3) is 3.48. The van der Waals surface area contributed by atoms with Gasteiger partial charge in [-0.3, -0.25) is 0 Å². The first kappa shape index (κ1) is 12.9. The van der Waals surface area contributed by atoms with Crippen molar-refractivity contribution in [3.05, 3.63) is 45.5 Å². The van der Waals surface area contributed by atoms with E-state index >= 15 is 0 Å². The predicted octanol–water partition coefficient (Wildman–Crippen LogP) is 4.40. The summed E-state index contributed by atoms with van der Waals surface area (Å²) in [7, 11) is 0. The van der Waals surface area contributed by atoms with Crippen LogP contribution >= 0.6 is 23.2 Å². The Morgan fingerprint density at radius 2 is 1.88 bits per heavy atom. The van der Waals surface area contributed by atoms with Gasteiger partial charge >= 0.3 is 0 Å². The Bertz CT molecular complexity index is 406. The number of hydrogen-bond acceptors (Lipinski definition) is 1. The average Bonchev–Trinajstić information content (AvgIpc) is 2.48. The number of rotatable bonds is 2. The summed E-state index contributed by atoms with van der Waals surface area (Å²) in [6.45, 7) is 0. The molecule has 92 valence electrons. The minimum atomic E-state index is -0.311. The Morgan fingerprint density at radius 1 is 1.18 bits per heavy atom. The number of benzene rings is 1. The number of aliphatic hydroxyl groups is 1. The Balaban J connectivity index is 2.19. The molecule has 0 fully saturated rings. The lowest BCUT2D eigenvalue weighted by Crippen LogP contribution is -2.01. The summed E-state index contributed by atoms with van der Waals surface area (Å²) in [4.78, 5) is 0. The molecule has 1 aromatic rings. The van der Waals surface area contributed by atoms with Crippen molar-refractivity contribution in [1.29, 1.82) is 0 Å². The lowest BCUT2D eigenvalue weighted by Gasteiger charge is -2.10. The van der Waals surface area contributed by atoms with Gasteiger partial charge < -0.3 is 5.11 Å². The Hall–Kier alpha value is -0.500. The quantitative estimate of drug-likeness (QED) is 0.790. The second-order valence-electron chi connectivity index (χ2n) is 4.52. The third-order valence-corrected chi connectivity index (χ3v) is 3.85. The van der Waals surface area contributed by atoms with E-state index in [2.05, 4.69) is 0 Å². The lowest BCUT2D eigenvalue weighted by molar-refractivity contribution is 0.211. The molecule has 0 spiro atoms. The molecular weight excluding hydrogens is 255 g/mol. The molecular formula is C14H16Cl2O. The van der Waals surface area contributed by atoms with Crippen LogP contribution in [0.1, 0.15) is 31.2 Å². The fraction of sp³-hybridized carbons (Fsp3) is 0.429. The number of allylic oxidation sites excluding steroid dienone is 1. The summed E-state index contributed by atoms with van der Waals surface area (Å²) >= 11 is 12.3. The number of aliphatic hydroxyl groups excluding tert-OH is 1. The van der Waals surface area contributed by atoms with E-state index in [1.807, 2.05) is 24.3 Å². The van der Waals surface area contributed by atoms with Crippen molar-refractivity contribution >= 4 is 23.2 Å². The molecule has 0 amide bonds. The SMILES string of the molecule is OC1C=C(Cc2c(Cl)cccc2Cl)CCCC1. The highest BCUT2D eigenvalue weighted by molar-refractivity contribution is 6.36. The van der Waals surface area contributed by atoms with Gasteiger partial charge in [-0.15, -0.1) is 0 Å². The number of hydrogen-bond donors (Lipinski definition) is 1. The van der Waals surface area contributed by atoms with Gasteiger partial charge in [-0.25, -0.2) is 0 Å². The van der Waals surface area contributed by atoms with Gasteiger partial charge in [0, 0.05) is 10.0 Å². The smallest absolute Gasteiger partial charge is 0.0723 e. The largest absolute Gasteiger partial charge is 0.389 e. The predicted molar refractivity (Wildman–Crippen MR) is 72.7 cm³/mol. The van der Waals surface area contributed by atoms with Crippen LogP contribution in [0.25, 0.3) is 0 Å². The van der Waals surface area contributed by atoms with Crippen molar-refractivity contribution < 1.29 is 5.11 Å². The molecule has 1 aromatic carbocycles. The summed E-state index contributed by atoms with van der Waals surface area (Å²) < 4.78 is 0. The monoisotopic (exact) mass is 270 g/mol. The van der Waals surface area contributed by atoms with Crippen LogP contribution < -0.4 is 0 Å². The Labute approximate surface area is 112 Å². The van der Waals surface area contributed by atoms with Crippen LogP contribution in [0.4, 0.5) is 0 Å². The molecule has 3 heteroatoms. The summed E-state index contributed by atoms with van der Waals surface area (Å²) in [6.07, 6.45) is 6.50. The fourth-order valence-corrected chi connectivity index (χ4v) is 2.75. The second kappa shape index (κ2) is 5.90. The van der Waals surface area contributed by atoms with Crippen molar-refractivity contribution in [2.75, 3.05) is 0 Å². The van der Waals surface area contributed by atoms with Crippen molar-refractivity contribution in [1.82, 2.24) is 0 Å². The van der Waals surface area contributed by atoms with E-state index in [0.29, 0.717) is 10.0 Å². The molecule has 1 aliphatic rings. The number of halogens is 2. The molecule has 17 heavy (non-hydrogen) atoms. The van der Waals surface area contributed by atoms with Crippen LogP contribution in [-0.4, -0.2) is 11.2 Å². The first-order valence-corrected chi connectivity index (χ1v) is 6.73. The maximum Gasteiger partial charge on any atom is 0.0723 e. The Kier molecular flexibility index (Phi) is 4.49. The molecule has 1 N–H and O–H groups in total. The van der Waals surface area contributed by atoms with E-state index < -0.39 is 0 Å². The van der Waals surface area contributed by atoms with Crippen molar-refractivity contribution in [2.45, 2.75) is 38.2 Å². The molecule has 0 aliphatic heterocycles. The van der Waals surface area contributed by atoms with Gasteiger partial charge in [0.1, 0.15) is 0 Å². The molecule has 0 saturated heterocycles. The van der Waals surface area contributed by atoms with Crippen molar-refractivity contribution in [2.24, 2.45) is 0 Å². The van der Waals surface area contributed by atoms with Gasteiger partial charge in [0.05, 0.1) is 6.10 Å². The fourth-order valence-electron chi connectivity index (χ4n) is 2.22. The highest BCUT2D eigenvalue weighted by Crippen LogP contribution is 2.29. The van der Waals surface area contributed by atoms with Crippen LogP contribution in [0, 0.1) is 0 Å². The molecule has 1 unspecified atom stereocenters. The molecule has 0 saturated carbocycles. The van der Waals surface area contributed by atoms with Crippen LogP contribution in [0.3, 0.4) is 0 Å². The minimum Gasteiger partial charge on any atom is -0.389 e. The van der Waals surface area contributed by atoms with Crippen LogP contribution in [0.5, 0.6) is 0 Å². The van der Waals surface area contributed by atoms with Crippen LogP contribution in [0.2, 0.25) is 10.0 Å². The summed E-state index contributed by atoms with van der Waals surface area (Å²) in [6, 6.07) is 5.57. The van der Waals surface area contributed by atoms with Crippen molar-refractivity contribution in [3.8, 4) is 0 Å². The topological polar surface area (TPSA) is 20.2 Å². The van der Waals surface area contributed by atoms with Gasteiger partial charge in [-0.2, -0.15) is 0 Å². The van der Waals surface area contributed by atoms with E-state index in [4.69, 9.17) is 23.2 Å².